The van der Waals surface area contributed by atoms with Crippen molar-refractivity contribution in [3.8, 4) is 0 Å². The van der Waals surface area contributed by atoms with E-state index in [2.05, 4.69) is 14.9 Å². The van der Waals surface area contributed by atoms with Gasteiger partial charge < -0.3 is 10.0 Å². The number of hydrogen-bond acceptors (Lipinski definition) is 3. The van der Waals surface area contributed by atoms with Gasteiger partial charge in [-0.2, -0.15) is 0 Å². The van der Waals surface area contributed by atoms with Crippen LogP contribution in [0.1, 0.15) is 12.8 Å². The average Bonchev–Trinajstić information content (AvgIpc) is 2.40. The molecule has 1 unspecified atom stereocenters. The Labute approximate surface area is 104 Å². The normalized spacial score (nSPS) is 19.1. The molecule has 1 saturated heterocycles. The van der Waals surface area contributed by atoms with Gasteiger partial charge in [0.05, 0.1) is 5.92 Å². The van der Waals surface area contributed by atoms with Crippen molar-refractivity contribution in [2.45, 2.75) is 12.8 Å². The fourth-order valence-corrected chi connectivity index (χ4v) is 2.19. The number of nitrogens with zero attached hydrogens (tertiary/aromatic N) is 4. The van der Waals surface area contributed by atoms with Crippen LogP contribution in [0.25, 0.3) is 10.4 Å². The summed E-state index contributed by atoms with van der Waals surface area (Å²) in [5, 5.41) is 12.5. The Morgan fingerprint density at radius 2 is 2.17 bits per heavy atom. The summed E-state index contributed by atoms with van der Waals surface area (Å²) in [6.07, 6.45) is 1.62. The summed E-state index contributed by atoms with van der Waals surface area (Å²) < 4.78 is 0. The predicted octanol–water partition coefficient (Wildman–Crippen LogP) is 2.93. The van der Waals surface area contributed by atoms with E-state index < -0.39 is 5.97 Å². The number of rotatable bonds is 3. The van der Waals surface area contributed by atoms with Crippen LogP contribution in [-0.2, 0) is 4.79 Å². The zero-order valence-electron chi connectivity index (χ0n) is 9.86. The highest BCUT2D eigenvalue weighted by Gasteiger charge is 2.25. The first kappa shape index (κ1) is 12.3. The first-order chi connectivity index (χ1) is 8.70. The van der Waals surface area contributed by atoms with Gasteiger partial charge in [0, 0.05) is 29.4 Å². The van der Waals surface area contributed by atoms with Gasteiger partial charge in [-0.3, -0.25) is 4.79 Å². The third-order valence-electron chi connectivity index (χ3n) is 3.15. The average molecular weight is 246 g/mol. The Morgan fingerprint density at radius 3 is 2.78 bits per heavy atom. The Kier molecular flexibility index (Phi) is 3.69. The third kappa shape index (κ3) is 2.73. The monoisotopic (exact) mass is 246 g/mol. The van der Waals surface area contributed by atoms with E-state index in [1.807, 2.05) is 12.1 Å². The van der Waals surface area contributed by atoms with Gasteiger partial charge >= 0.3 is 5.97 Å². The molecule has 2 rings (SSSR count). The maximum atomic E-state index is 11.0. The quantitative estimate of drug-likeness (QED) is 0.505. The van der Waals surface area contributed by atoms with E-state index in [-0.39, 0.29) is 5.92 Å². The Morgan fingerprint density at radius 1 is 1.44 bits per heavy atom. The van der Waals surface area contributed by atoms with Crippen LogP contribution < -0.4 is 4.90 Å². The zero-order chi connectivity index (χ0) is 13.0. The molecule has 0 spiro atoms. The van der Waals surface area contributed by atoms with Gasteiger partial charge in [0.1, 0.15) is 0 Å². The number of benzene rings is 1. The minimum absolute atomic E-state index is 0.296. The molecule has 0 saturated carbocycles. The summed E-state index contributed by atoms with van der Waals surface area (Å²) in [5.41, 5.74) is 9.85. The molecule has 94 valence electrons. The second-order valence-corrected chi connectivity index (χ2v) is 4.33. The molecule has 1 heterocycles. The fourth-order valence-electron chi connectivity index (χ4n) is 2.19. The smallest absolute Gasteiger partial charge is 0.308 e. The minimum atomic E-state index is -0.731. The highest BCUT2D eigenvalue weighted by Crippen LogP contribution is 2.25. The van der Waals surface area contributed by atoms with E-state index in [4.69, 9.17) is 10.6 Å². The third-order valence-corrected chi connectivity index (χ3v) is 3.15. The van der Waals surface area contributed by atoms with Gasteiger partial charge in [-0.25, -0.2) is 0 Å². The molecule has 0 aromatic heterocycles. The number of carbonyl (C=O) groups is 1. The van der Waals surface area contributed by atoms with Crippen molar-refractivity contribution in [2.24, 2.45) is 11.0 Å². The van der Waals surface area contributed by atoms with E-state index in [0.29, 0.717) is 12.2 Å². The summed E-state index contributed by atoms with van der Waals surface area (Å²) in [5.74, 6) is -1.03. The van der Waals surface area contributed by atoms with Crippen molar-refractivity contribution >= 4 is 17.3 Å². The van der Waals surface area contributed by atoms with Crippen molar-refractivity contribution in [1.82, 2.24) is 0 Å². The summed E-state index contributed by atoms with van der Waals surface area (Å²) in [6, 6.07) is 7.18. The van der Waals surface area contributed by atoms with Gasteiger partial charge in [-0.15, -0.1) is 0 Å². The SMILES string of the molecule is [N-]=[N+]=Nc1ccc(N2CCCC(C(=O)O)C2)cc1. The summed E-state index contributed by atoms with van der Waals surface area (Å²) in [4.78, 5) is 15.8. The van der Waals surface area contributed by atoms with E-state index >= 15 is 0 Å². The zero-order valence-corrected chi connectivity index (χ0v) is 9.86. The van der Waals surface area contributed by atoms with Gasteiger partial charge in [0.2, 0.25) is 0 Å². The lowest BCUT2D eigenvalue weighted by Gasteiger charge is -2.32. The first-order valence-electron chi connectivity index (χ1n) is 5.83. The van der Waals surface area contributed by atoms with Crippen molar-refractivity contribution in [2.75, 3.05) is 18.0 Å². The van der Waals surface area contributed by atoms with E-state index in [1.54, 1.807) is 12.1 Å². The topological polar surface area (TPSA) is 89.3 Å². The van der Waals surface area contributed by atoms with Gasteiger partial charge in [-0.1, -0.05) is 17.2 Å². The number of aliphatic carboxylic acids is 1. The number of hydrogen-bond donors (Lipinski definition) is 1. The first-order valence-corrected chi connectivity index (χ1v) is 5.83. The molecule has 6 nitrogen and oxygen atoms in total. The van der Waals surface area contributed by atoms with Crippen LogP contribution in [0.2, 0.25) is 0 Å². The summed E-state index contributed by atoms with van der Waals surface area (Å²) >= 11 is 0. The molecule has 18 heavy (non-hydrogen) atoms. The van der Waals surface area contributed by atoms with Crippen LogP contribution in [0, 0.1) is 5.92 Å². The number of anilines is 1. The lowest BCUT2D eigenvalue weighted by molar-refractivity contribution is -0.141. The molecule has 0 amide bonds. The second kappa shape index (κ2) is 5.42. The van der Waals surface area contributed by atoms with Crippen LogP contribution in [0.15, 0.2) is 29.4 Å². The van der Waals surface area contributed by atoms with Crippen molar-refractivity contribution < 1.29 is 9.90 Å². The number of carboxylic acid groups (broad SMARTS) is 1. The van der Waals surface area contributed by atoms with Crippen LogP contribution in [0.4, 0.5) is 11.4 Å². The minimum Gasteiger partial charge on any atom is -0.481 e. The van der Waals surface area contributed by atoms with Crippen LogP contribution >= 0.6 is 0 Å². The molecule has 0 aliphatic carbocycles. The van der Waals surface area contributed by atoms with Gasteiger partial charge in [-0.05, 0) is 30.5 Å². The molecule has 1 aromatic rings. The van der Waals surface area contributed by atoms with Crippen LogP contribution in [0.3, 0.4) is 0 Å². The highest BCUT2D eigenvalue weighted by atomic mass is 16.4. The molecule has 1 aliphatic rings. The molecule has 1 aromatic carbocycles. The highest BCUT2D eigenvalue weighted by molar-refractivity contribution is 5.71. The molecular formula is C12H14N4O2. The molecule has 1 atom stereocenters. The van der Waals surface area contributed by atoms with E-state index in [0.717, 1.165) is 25.1 Å². The predicted molar refractivity (Wildman–Crippen MR) is 67.8 cm³/mol. The van der Waals surface area contributed by atoms with Crippen molar-refractivity contribution in [3.05, 3.63) is 34.7 Å². The molecule has 0 bridgehead atoms. The maximum absolute atomic E-state index is 11.0. The molecule has 1 aliphatic heterocycles. The largest absolute Gasteiger partial charge is 0.481 e. The molecule has 0 radical (unpaired) electrons. The Balaban J connectivity index is 2.11. The van der Waals surface area contributed by atoms with E-state index in [9.17, 15) is 4.79 Å². The van der Waals surface area contributed by atoms with E-state index in [1.165, 1.54) is 0 Å². The van der Waals surface area contributed by atoms with Gasteiger partial charge in [0.25, 0.3) is 0 Å². The standard InChI is InChI=1S/C12H14N4O2/c13-15-14-10-3-5-11(6-4-10)16-7-1-2-9(8-16)12(17)18/h3-6,9H,1-2,7-8H2,(H,17,18). The van der Waals surface area contributed by atoms with Gasteiger partial charge in [0.15, 0.2) is 0 Å². The lowest BCUT2D eigenvalue weighted by atomic mass is 9.98. The molecule has 1 N–H and O–H groups in total. The maximum Gasteiger partial charge on any atom is 0.308 e. The fraction of sp³-hybridized carbons (Fsp3) is 0.417. The lowest BCUT2D eigenvalue weighted by Crippen LogP contribution is -2.38. The van der Waals surface area contributed by atoms with Crippen molar-refractivity contribution in [3.63, 3.8) is 0 Å². The van der Waals surface area contributed by atoms with Crippen LogP contribution in [-0.4, -0.2) is 24.2 Å². The molecule has 1 fully saturated rings. The summed E-state index contributed by atoms with van der Waals surface area (Å²) in [7, 11) is 0. The number of carboxylic acids is 1. The van der Waals surface area contributed by atoms with Crippen molar-refractivity contribution in [1.29, 1.82) is 0 Å². The molecule has 6 heteroatoms. The molecular weight excluding hydrogens is 232 g/mol. The number of azide groups is 1. The summed E-state index contributed by atoms with van der Waals surface area (Å²) in [6.45, 7) is 1.40. The number of piperidine rings is 1. The Bertz CT molecular complexity index is 479. The Hall–Kier alpha value is -2.20. The van der Waals surface area contributed by atoms with Crippen LogP contribution in [0.5, 0.6) is 0 Å². The second-order valence-electron chi connectivity index (χ2n) is 4.33.